The van der Waals surface area contributed by atoms with Gasteiger partial charge in [0.2, 0.25) is 0 Å². The maximum atomic E-state index is 2.55. The lowest BCUT2D eigenvalue weighted by Gasteiger charge is -2.36. The number of rotatable bonds is 3. The lowest BCUT2D eigenvalue weighted by molar-refractivity contribution is 0.583. The fourth-order valence-corrected chi connectivity index (χ4v) is 10.6. The smallest absolute Gasteiger partial charge is 0.0212 e. The van der Waals surface area contributed by atoms with Gasteiger partial charge in [0.25, 0.3) is 0 Å². The first kappa shape index (κ1) is 30.2. The number of hydrogen-bond acceptors (Lipinski definition) is 0. The van der Waals surface area contributed by atoms with Crippen molar-refractivity contribution in [1.29, 1.82) is 0 Å². The van der Waals surface area contributed by atoms with E-state index >= 15 is 0 Å². The van der Waals surface area contributed by atoms with E-state index in [1.807, 2.05) is 0 Å². The van der Waals surface area contributed by atoms with E-state index in [0.29, 0.717) is 35.5 Å². The summed E-state index contributed by atoms with van der Waals surface area (Å²) in [5, 5.41) is 5.56. The molecule has 4 aromatic carbocycles. The van der Waals surface area contributed by atoms with E-state index in [1.54, 1.807) is 22.3 Å². The molecule has 0 saturated heterocycles. The van der Waals surface area contributed by atoms with E-state index < -0.39 is 0 Å². The van der Waals surface area contributed by atoms with Crippen molar-refractivity contribution in [2.75, 3.05) is 0 Å². The van der Waals surface area contributed by atoms with Crippen LogP contribution in [0.4, 0.5) is 0 Å². The molecule has 0 spiro atoms. The first-order chi connectivity index (χ1) is 24.1. The van der Waals surface area contributed by atoms with Gasteiger partial charge in [-0.05, 0) is 123 Å². The zero-order valence-corrected chi connectivity index (χ0v) is 30.4. The monoisotopic (exact) mass is 646 g/mol. The number of fused-ring (bicyclic) bond motifs is 8. The first-order valence-corrected chi connectivity index (χ1v) is 18.9. The zero-order chi connectivity index (χ0) is 34.2. The summed E-state index contributed by atoms with van der Waals surface area (Å²) in [5.74, 6) is 2.16. The van der Waals surface area contributed by atoms with Crippen LogP contribution in [0.2, 0.25) is 0 Å². The van der Waals surface area contributed by atoms with Gasteiger partial charge in [0.05, 0.1) is 0 Å². The number of benzene rings is 4. The second kappa shape index (κ2) is 10.4. The average molecular weight is 647 g/mol. The second-order valence-corrected chi connectivity index (χ2v) is 17.2. The molecule has 4 aromatic rings. The second-order valence-electron chi connectivity index (χ2n) is 17.2. The van der Waals surface area contributed by atoms with Crippen molar-refractivity contribution in [3.63, 3.8) is 0 Å². The summed E-state index contributed by atoms with van der Waals surface area (Å²) in [6.45, 7) is 16.6. The van der Waals surface area contributed by atoms with Crippen LogP contribution in [0.1, 0.15) is 99.6 Å². The highest BCUT2D eigenvalue weighted by atomic mass is 14.5. The van der Waals surface area contributed by atoms with E-state index in [0.717, 1.165) is 0 Å². The van der Waals surface area contributed by atoms with E-state index in [9.17, 15) is 0 Å². The molecular formula is C50H46. The quantitative estimate of drug-likeness (QED) is 0.194. The fourth-order valence-electron chi connectivity index (χ4n) is 10.6. The van der Waals surface area contributed by atoms with Crippen molar-refractivity contribution in [3.05, 3.63) is 177 Å². The molecule has 50 heavy (non-hydrogen) atoms. The number of allylic oxidation sites excluding steroid dienone is 16. The van der Waals surface area contributed by atoms with Gasteiger partial charge < -0.3 is 0 Å². The molecule has 0 aliphatic heterocycles. The molecule has 0 aromatic heterocycles. The Morgan fingerprint density at radius 1 is 0.600 bits per heavy atom. The Bertz CT molecular complexity index is 2460. The van der Waals surface area contributed by atoms with Gasteiger partial charge in [0, 0.05) is 23.7 Å². The Hall–Kier alpha value is -4.68. The van der Waals surface area contributed by atoms with Gasteiger partial charge in [-0.1, -0.05) is 152 Å². The van der Waals surface area contributed by atoms with Crippen molar-refractivity contribution in [2.45, 2.75) is 71.6 Å². The van der Waals surface area contributed by atoms with E-state index in [-0.39, 0.29) is 5.41 Å². The minimum Gasteiger partial charge on any atom is -0.0761 e. The summed E-state index contributed by atoms with van der Waals surface area (Å²) in [6.07, 6.45) is 22.0. The van der Waals surface area contributed by atoms with Crippen molar-refractivity contribution < 1.29 is 0 Å². The summed E-state index contributed by atoms with van der Waals surface area (Å²) in [5.41, 5.74) is 19.7. The predicted molar refractivity (Wildman–Crippen MR) is 213 cm³/mol. The van der Waals surface area contributed by atoms with Crippen molar-refractivity contribution in [3.8, 4) is 0 Å². The molecule has 6 aliphatic rings. The van der Waals surface area contributed by atoms with Crippen molar-refractivity contribution in [2.24, 2.45) is 17.8 Å². The molecule has 0 amide bonds. The van der Waals surface area contributed by atoms with Gasteiger partial charge in [-0.25, -0.2) is 0 Å². The standard InChI is InChI=1S/C50H46/c1-27(2)42-40-24-29-13-8-9-14-30(29)25-41(40)43(28(3)4)49-38-22-21-36-45-35(19-20-37(46(38)45)48(42)49)39-26-31-15-10-11-18-34(31)44(47(36)39)32-16-12-17-33(23-32)50(5,6)7/h8-28,34,44-46H,1-7H3. The lowest BCUT2D eigenvalue weighted by atomic mass is 9.67. The van der Waals surface area contributed by atoms with Crippen LogP contribution in [-0.2, 0) is 5.41 Å². The zero-order valence-electron chi connectivity index (χ0n) is 30.4. The van der Waals surface area contributed by atoms with Gasteiger partial charge >= 0.3 is 0 Å². The predicted octanol–water partition coefficient (Wildman–Crippen LogP) is 13.2. The van der Waals surface area contributed by atoms with E-state index in [4.69, 9.17) is 0 Å². The highest BCUT2D eigenvalue weighted by Crippen LogP contribution is 2.66. The molecule has 0 radical (unpaired) electrons. The van der Waals surface area contributed by atoms with Crippen LogP contribution in [0.5, 0.6) is 0 Å². The van der Waals surface area contributed by atoms with Gasteiger partial charge in [-0.15, -0.1) is 0 Å². The summed E-state index contributed by atoms with van der Waals surface area (Å²) in [7, 11) is 0. The molecule has 10 rings (SSSR count). The van der Waals surface area contributed by atoms with Crippen molar-refractivity contribution in [1.82, 2.24) is 0 Å². The van der Waals surface area contributed by atoms with Crippen molar-refractivity contribution >= 4 is 32.7 Å². The Morgan fingerprint density at radius 2 is 1.20 bits per heavy atom. The summed E-state index contributed by atoms with van der Waals surface area (Å²) < 4.78 is 0. The molecule has 6 aliphatic carbocycles. The molecular weight excluding hydrogens is 601 g/mol. The minimum absolute atomic E-state index is 0.100. The topological polar surface area (TPSA) is 0 Å². The molecule has 0 saturated carbocycles. The summed E-state index contributed by atoms with van der Waals surface area (Å²) >= 11 is 0. The molecule has 4 unspecified atom stereocenters. The summed E-state index contributed by atoms with van der Waals surface area (Å²) in [4.78, 5) is 0. The Morgan fingerprint density at radius 3 is 1.82 bits per heavy atom. The molecule has 246 valence electrons. The SMILES string of the molecule is CC(C)c1c2c(c(C(C)C)c3cc4ccccc4cc13)C1=CC=C3C4=C(C=C5C=CC=CC5C4c4cccc(C(C)(C)C)c4)C4=CC=C2C1C43. The van der Waals surface area contributed by atoms with Gasteiger partial charge in [0.15, 0.2) is 0 Å². The minimum atomic E-state index is 0.100. The summed E-state index contributed by atoms with van der Waals surface area (Å²) in [6, 6.07) is 23.5. The van der Waals surface area contributed by atoms with Crippen LogP contribution in [0.25, 0.3) is 32.7 Å². The third kappa shape index (κ3) is 4.00. The largest absolute Gasteiger partial charge is 0.0761 e. The molecule has 0 fully saturated rings. The Balaban J connectivity index is 1.24. The normalized spacial score (nSPS) is 24.2. The van der Waals surface area contributed by atoms with E-state index in [2.05, 4.69) is 164 Å². The highest BCUT2D eigenvalue weighted by molar-refractivity contribution is 6.11. The molecule has 0 heteroatoms. The van der Waals surface area contributed by atoms with Crippen LogP contribution in [0.3, 0.4) is 0 Å². The molecule has 0 bridgehead atoms. The highest BCUT2D eigenvalue weighted by Gasteiger charge is 2.52. The third-order valence-electron chi connectivity index (χ3n) is 12.7. The van der Waals surface area contributed by atoms with Gasteiger partial charge in [-0.2, -0.15) is 0 Å². The Labute approximate surface area is 297 Å². The first-order valence-electron chi connectivity index (χ1n) is 18.9. The third-order valence-corrected chi connectivity index (χ3v) is 12.7. The maximum Gasteiger partial charge on any atom is 0.0212 e. The van der Waals surface area contributed by atoms with Crippen LogP contribution in [0.15, 0.2) is 143 Å². The van der Waals surface area contributed by atoms with E-state index in [1.165, 1.54) is 71.6 Å². The Kier molecular flexibility index (Phi) is 6.29. The lowest BCUT2D eigenvalue weighted by Crippen LogP contribution is -2.23. The van der Waals surface area contributed by atoms with Crippen LogP contribution in [-0.4, -0.2) is 0 Å². The van der Waals surface area contributed by atoms with Gasteiger partial charge in [0.1, 0.15) is 0 Å². The van der Waals surface area contributed by atoms with Gasteiger partial charge in [-0.3, -0.25) is 0 Å². The average Bonchev–Trinajstić information content (AvgIpc) is 3.59. The molecule has 0 N–H and O–H groups in total. The van der Waals surface area contributed by atoms with Crippen LogP contribution >= 0.6 is 0 Å². The number of hydrogen-bond donors (Lipinski definition) is 0. The molecule has 0 nitrogen and oxygen atoms in total. The molecule has 0 heterocycles. The van der Waals surface area contributed by atoms with Crippen LogP contribution in [0, 0.1) is 17.8 Å². The fraction of sp³-hybridized carbons (Fsp3) is 0.280. The molecule has 4 atom stereocenters. The maximum absolute atomic E-state index is 2.55. The van der Waals surface area contributed by atoms with Crippen LogP contribution < -0.4 is 0 Å².